The highest BCUT2D eigenvalue weighted by Crippen LogP contribution is 2.38. The van der Waals surface area contributed by atoms with Gasteiger partial charge in [0.05, 0.1) is 5.28 Å². The second-order valence-electron chi connectivity index (χ2n) is 3.72. The molecule has 4 nitrogen and oxygen atoms in total. The van der Waals surface area contributed by atoms with E-state index in [9.17, 15) is 0 Å². The molecule has 0 fully saturated rings. The molecular formula is C13H10N2O2. The Morgan fingerprint density at radius 3 is 1.71 bits per heavy atom. The topological polar surface area (TPSA) is 43.2 Å². The Bertz CT molecular complexity index is 486. The summed E-state index contributed by atoms with van der Waals surface area (Å²) in [6.07, 6.45) is 0. The number of hydrogen-bond donors (Lipinski definition) is 0. The fraction of sp³-hybridized carbons (Fsp3) is 0.0769. The SMILES string of the molecule is c1ccc(C2(c3ccccc3)N=NOO2)cc1. The van der Waals surface area contributed by atoms with Crippen molar-refractivity contribution in [2.24, 2.45) is 10.4 Å². The van der Waals surface area contributed by atoms with Crippen molar-refractivity contribution in [2.45, 2.75) is 5.72 Å². The normalized spacial score (nSPS) is 16.7. The molecule has 0 bridgehead atoms. The van der Waals surface area contributed by atoms with Crippen LogP contribution in [0.1, 0.15) is 11.1 Å². The third-order valence-corrected chi connectivity index (χ3v) is 2.70. The highest BCUT2D eigenvalue weighted by Gasteiger charge is 2.41. The minimum atomic E-state index is -0.984. The Kier molecular flexibility index (Phi) is 2.34. The van der Waals surface area contributed by atoms with E-state index in [0.29, 0.717) is 0 Å². The lowest BCUT2D eigenvalue weighted by Crippen LogP contribution is -2.24. The summed E-state index contributed by atoms with van der Waals surface area (Å²) in [6, 6.07) is 19.3. The molecule has 0 saturated carbocycles. The van der Waals surface area contributed by atoms with Gasteiger partial charge in [0.2, 0.25) is 0 Å². The molecule has 84 valence electrons. The molecular weight excluding hydrogens is 216 g/mol. The van der Waals surface area contributed by atoms with Gasteiger partial charge in [-0.15, -0.1) is 10.0 Å². The van der Waals surface area contributed by atoms with Crippen LogP contribution in [0.3, 0.4) is 0 Å². The van der Waals surface area contributed by atoms with Gasteiger partial charge in [-0.3, -0.25) is 0 Å². The van der Waals surface area contributed by atoms with Crippen LogP contribution in [-0.4, -0.2) is 0 Å². The molecule has 1 aliphatic heterocycles. The summed E-state index contributed by atoms with van der Waals surface area (Å²) >= 11 is 0. The molecule has 0 amide bonds. The second-order valence-corrected chi connectivity index (χ2v) is 3.72. The first-order valence-corrected chi connectivity index (χ1v) is 5.30. The molecule has 0 spiro atoms. The van der Waals surface area contributed by atoms with Crippen molar-refractivity contribution >= 4 is 0 Å². The Morgan fingerprint density at radius 1 is 0.765 bits per heavy atom. The Labute approximate surface area is 98.4 Å². The van der Waals surface area contributed by atoms with Crippen LogP contribution >= 0.6 is 0 Å². The Hall–Kier alpha value is -2.20. The van der Waals surface area contributed by atoms with Gasteiger partial charge in [0.25, 0.3) is 5.72 Å². The molecule has 0 saturated heterocycles. The van der Waals surface area contributed by atoms with Gasteiger partial charge in [-0.05, 0) is 0 Å². The third kappa shape index (κ3) is 1.59. The molecule has 17 heavy (non-hydrogen) atoms. The number of rotatable bonds is 2. The average molecular weight is 226 g/mol. The third-order valence-electron chi connectivity index (χ3n) is 2.70. The molecule has 1 heterocycles. The van der Waals surface area contributed by atoms with Crippen molar-refractivity contribution in [3.63, 3.8) is 0 Å². The molecule has 0 aromatic heterocycles. The monoisotopic (exact) mass is 226 g/mol. The lowest BCUT2D eigenvalue weighted by atomic mass is 9.95. The lowest BCUT2D eigenvalue weighted by molar-refractivity contribution is -0.321. The zero-order valence-electron chi connectivity index (χ0n) is 8.98. The highest BCUT2D eigenvalue weighted by molar-refractivity contribution is 5.35. The Balaban J connectivity index is 2.15. The van der Waals surface area contributed by atoms with E-state index < -0.39 is 5.72 Å². The van der Waals surface area contributed by atoms with Gasteiger partial charge >= 0.3 is 0 Å². The smallest absolute Gasteiger partial charge is 0.197 e. The summed E-state index contributed by atoms with van der Waals surface area (Å²) in [5.41, 5.74) is 0.780. The summed E-state index contributed by atoms with van der Waals surface area (Å²) in [6.45, 7) is 0. The van der Waals surface area contributed by atoms with E-state index in [1.807, 2.05) is 60.7 Å². The largest absolute Gasteiger partial charge is 0.280 e. The van der Waals surface area contributed by atoms with Crippen molar-refractivity contribution in [1.82, 2.24) is 0 Å². The standard InChI is InChI=1S/C13H10N2O2/c1-3-7-11(8-4-1)13(14-15-17-16-13)12-9-5-2-6-10-12/h1-10H. The zero-order valence-corrected chi connectivity index (χ0v) is 8.98. The maximum absolute atomic E-state index is 5.28. The van der Waals surface area contributed by atoms with Gasteiger partial charge in [-0.1, -0.05) is 60.7 Å². The maximum atomic E-state index is 5.28. The van der Waals surface area contributed by atoms with Gasteiger partial charge in [0.15, 0.2) is 0 Å². The highest BCUT2D eigenvalue weighted by atomic mass is 17.3. The van der Waals surface area contributed by atoms with E-state index in [0.717, 1.165) is 11.1 Å². The van der Waals surface area contributed by atoms with Gasteiger partial charge in [0.1, 0.15) is 0 Å². The number of nitrogens with zero attached hydrogens (tertiary/aromatic N) is 2. The summed E-state index contributed by atoms with van der Waals surface area (Å²) in [4.78, 5) is 9.91. The molecule has 2 aromatic rings. The number of benzene rings is 2. The van der Waals surface area contributed by atoms with E-state index in [1.165, 1.54) is 0 Å². The van der Waals surface area contributed by atoms with Crippen LogP contribution in [0.4, 0.5) is 0 Å². The van der Waals surface area contributed by atoms with E-state index in [4.69, 9.17) is 4.89 Å². The van der Waals surface area contributed by atoms with Gasteiger partial charge < -0.3 is 0 Å². The molecule has 2 aromatic carbocycles. The fourth-order valence-corrected chi connectivity index (χ4v) is 1.87. The van der Waals surface area contributed by atoms with E-state index in [2.05, 4.69) is 15.4 Å². The quantitative estimate of drug-likeness (QED) is 0.738. The van der Waals surface area contributed by atoms with Crippen LogP contribution in [-0.2, 0) is 15.6 Å². The van der Waals surface area contributed by atoms with Crippen LogP contribution < -0.4 is 0 Å². The van der Waals surface area contributed by atoms with Crippen molar-refractivity contribution in [1.29, 1.82) is 0 Å². The molecule has 0 aliphatic carbocycles. The predicted octanol–water partition coefficient (Wildman–Crippen LogP) is 3.22. The first-order valence-electron chi connectivity index (χ1n) is 5.30. The van der Waals surface area contributed by atoms with Gasteiger partial charge in [-0.25, -0.2) is 0 Å². The first-order chi connectivity index (χ1) is 8.42. The maximum Gasteiger partial charge on any atom is 0.280 e. The lowest BCUT2D eigenvalue weighted by Gasteiger charge is -2.21. The van der Waals surface area contributed by atoms with Gasteiger partial charge in [-0.2, -0.15) is 4.99 Å². The Morgan fingerprint density at radius 2 is 1.29 bits per heavy atom. The summed E-state index contributed by atoms with van der Waals surface area (Å²) in [5.74, 6) is 0. The molecule has 0 unspecified atom stereocenters. The molecule has 4 heteroatoms. The summed E-state index contributed by atoms with van der Waals surface area (Å²) < 4.78 is 0. The predicted molar refractivity (Wildman–Crippen MR) is 60.7 cm³/mol. The zero-order chi connectivity index (χ0) is 11.6. The van der Waals surface area contributed by atoms with E-state index >= 15 is 0 Å². The molecule has 0 N–H and O–H groups in total. The van der Waals surface area contributed by atoms with Crippen molar-refractivity contribution < 1.29 is 9.88 Å². The van der Waals surface area contributed by atoms with Crippen molar-refractivity contribution in [2.75, 3.05) is 0 Å². The number of hydrogen-bond acceptors (Lipinski definition) is 4. The minimum absolute atomic E-state index is 0.882. The van der Waals surface area contributed by atoms with Crippen LogP contribution in [0, 0.1) is 0 Å². The fourth-order valence-electron chi connectivity index (χ4n) is 1.87. The molecule has 3 rings (SSSR count). The van der Waals surface area contributed by atoms with Crippen LogP contribution in [0.25, 0.3) is 0 Å². The van der Waals surface area contributed by atoms with Crippen molar-refractivity contribution in [3.05, 3.63) is 71.8 Å². The first kappa shape index (κ1) is 9.99. The summed E-state index contributed by atoms with van der Waals surface area (Å²) in [7, 11) is 0. The minimum Gasteiger partial charge on any atom is -0.197 e. The molecule has 0 radical (unpaired) electrons. The van der Waals surface area contributed by atoms with Crippen LogP contribution in [0.5, 0.6) is 0 Å². The van der Waals surface area contributed by atoms with Crippen LogP contribution in [0.2, 0.25) is 0 Å². The van der Waals surface area contributed by atoms with Gasteiger partial charge in [0, 0.05) is 11.1 Å². The van der Waals surface area contributed by atoms with Crippen LogP contribution in [0.15, 0.2) is 71.1 Å². The van der Waals surface area contributed by atoms with E-state index in [-0.39, 0.29) is 0 Å². The summed E-state index contributed by atoms with van der Waals surface area (Å²) in [5, 5.41) is 7.58. The molecule has 0 atom stereocenters. The second kappa shape index (κ2) is 3.99. The van der Waals surface area contributed by atoms with Crippen molar-refractivity contribution in [3.8, 4) is 0 Å². The molecule has 1 aliphatic rings. The average Bonchev–Trinajstić information content (AvgIpc) is 2.91. The van der Waals surface area contributed by atoms with E-state index in [1.54, 1.807) is 0 Å².